The Kier molecular flexibility index (Phi) is 5.61. The number of nitrogens with zero attached hydrogens (tertiary/aromatic N) is 3. The normalized spacial score (nSPS) is 10.6. The zero-order chi connectivity index (χ0) is 19.4. The van der Waals surface area contributed by atoms with Gasteiger partial charge < -0.3 is 14.6 Å². The van der Waals surface area contributed by atoms with Gasteiger partial charge in [-0.05, 0) is 24.3 Å². The molecule has 0 saturated heterocycles. The van der Waals surface area contributed by atoms with Crippen molar-refractivity contribution in [1.29, 1.82) is 0 Å². The van der Waals surface area contributed by atoms with Crippen LogP contribution in [0.3, 0.4) is 0 Å². The van der Waals surface area contributed by atoms with Gasteiger partial charge in [-0.2, -0.15) is 5.10 Å². The van der Waals surface area contributed by atoms with E-state index < -0.39 is 0 Å². The third-order valence-corrected chi connectivity index (χ3v) is 4.30. The van der Waals surface area contributed by atoms with E-state index in [1.807, 2.05) is 0 Å². The fourth-order valence-electron chi connectivity index (χ4n) is 2.57. The molecule has 0 unspecified atom stereocenters. The van der Waals surface area contributed by atoms with Crippen LogP contribution in [0.25, 0.3) is 5.69 Å². The van der Waals surface area contributed by atoms with E-state index in [-0.39, 0.29) is 29.6 Å². The van der Waals surface area contributed by atoms with Crippen LogP contribution >= 0.6 is 11.6 Å². The minimum atomic E-state index is -0.295. The van der Waals surface area contributed by atoms with Crippen molar-refractivity contribution < 1.29 is 14.0 Å². The lowest BCUT2D eigenvalue weighted by Crippen LogP contribution is -2.27. The lowest BCUT2D eigenvalue weighted by Gasteiger charge is -2.17. The van der Waals surface area contributed by atoms with Crippen molar-refractivity contribution in [1.82, 2.24) is 14.7 Å². The van der Waals surface area contributed by atoms with Crippen LogP contribution in [0.5, 0.6) is 0 Å². The van der Waals surface area contributed by atoms with Gasteiger partial charge in [0.1, 0.15) is 17.1 Å². The summed E-state index contributed by atoms with van der Waals surface area (Å²) in [5.41, 5.74) is 0.837. The van der Waals surface area contributed by atoms with Crippen molar-refractivity contribution in [2.24, 2.45) is 0 Å². The van der Waals surface area contributed by atoms with Crippen molar-refractivity contribution in [3.63, 3.8) is 0 Å². The number of furan rings is 1. The average molecular weight is 387 g/mol. The lowest BCUT2D eigenvalue weighted by atomic mass is 10.2. The van der Waals surface area contributed by atoms with E-state index in [1.54, 1.807) is 56.6 Å². The van der Waals surface area contributed by atoms with E-state index in [2.05, 4.69) is 10.4 Å². The number of rotatable bonds is 6. The van der Waals surface area contributed by atoms with E-state index in [9.17, 15) is 9.59 Å². The van der Waals surface area contributed by atoms with Gasteiger partial charge in [0.15, 0.2) is 0 Å². The van der Waals surface area contributed by atoms with E-state index >= 15 is 0 Å². The second kappa shape index (κ2) is 8.09. The molecular weight excluding hydrogens is 368 g/mol. The Bertz CT molecular complexity index is 950. The molecule has 0 aliphatic carbocycles. The molecule has 8 heteroatoms. The number of carbonyl (C=O) groups is 2. The van der Waals surface area contributed by atoms with Crippen molar-refractivity contribution in [3.05, 3.63) is 65.2 Å². The number of carbonyl (C=O) groups excluding carboxylic acids is 2. The maximum Gasteiger partial charge on any atom is 0.259 e. The SMILES string of the molecule is CCC(=O)Nc1c(C(=O)N(C)Cc2ccco2)cnn1-c1ccccc1Cl. The van der Waals surface area contributed by atoms with Gasteiger partial charge in [0.2, 0.25) is 5.91 Å². The van der Waals surface area contributed by atoms with Crippen LogP contribution < -0.4 is 5.32 Å². The van der Waals surface area contributed by atoms with E-state index in [0.29, 0.717) is 23.0 Å². The molecule has 2 aromatic heterocycles. The average Bonchev–Trinajstić information content (AvgIpc) is 3.31. The van der Waals surface area contributed by atoms with Gasteiger partial charge in [-0.1, -0.05) is 30.7 Å². The first-order valence-electron chi connectivity index (χ1n) is 8.42. The van der Waals surface area contributed by atoms with Crippen LogP contribution in [-0.2, 0) is 11.3 Å². The summed E-state index contributed by atoms with van der Waals surface area (Å²) in [6.07, 6.45) is 3.25. The first-order valence-corrected chi connectivity index (χ1v) is 8.79. The molecule has 0 spiro atoms. The molecule has 3 aromatic rings. The van der Waals surface area contributed by atoms with Crippen molar-refractivity contribution in [2.75, 3.05) is 12.4 Å². The number of benzene rings is 1. The van der Waals surface area contributed by atoms with Crippen molar-refractivity contribution in [3.8, 4) is 5.69 Å². The van der Waals surface area contributed by atoms with E-state index in [1.165, 1.54) is 15.8 Å². The molecular formula is C19H19ClN4O3. The zero-order valence-corrected chi connectivity index (χ0v) is 15.7. The van der Waals surface area contributed by atoms with Crippen molar-refractivity contribution >= 4 is 29.2 Å². The van der Waals surface area contributed by atoms with Crippen LogP contribution in [0.2, 0.25) is 5.02 Å². The van der Waals surface area contributed by atoms with Crippen LogP contribution in [0.15, 0.2) is 53.3 Å². The number of para-hydroxylation sites is 1. The predicted molar refractivity (Wildman–Crippen MR) is 102 cm³/mol. The Morgan fingerprint density at radius 2 is 2.04 bits per heavy atom. The predicted octanol–water partition coefficient (Wildman–Crippen LogP) is 3.74. The maximum absolute atomic E-state index is 12.9. The van der Waals surface area contributed by atoms with Gasteiger partial charge in [-0.15, -0.1) is 0 Å². The third-order valence-electron chi connectivity index (χ3n) is 3.98. The number of hydrogen-bond donors (Lipinski definition) is 1. The van der Waals surface area contributed by atoms with Crippen LogP contribution in [0, 0.1) is 0 Å². The Morgan fingerprint density at radius 3 is 2.70 bits per heavy atom. The molecule has 0 aliphatic heterocycles. The van der Waals surface area contributed by atoms with Crippen molar-refractivity contribution in [2.45, 2.75) is 19.9 Å². The maximum atomic E-state index is 12.9. The molecule has 140 valence electrons. The summed E-state index contributed by atoms with van der Waals surface area (Å²) in [6, 6.07) is 10.6. The molecule has 1 N–H and O–H groups in total. The number of nitrogens with one attached hydrogen (secondary N) is 1. The highest BCUT2D eigenvalue weighted by molar-refractivity contribution is 6.32. The summed E-state index contributed by atoms with van der Waals surface area (Å²) < 4.78 is 6.75. The molecule has 0 radical (unpaired) electrons. The highest BCUT2D eigenvalue weighted by Gasteiger charge is 2.24. The summed E-state index contributed by atoms with van der Waals surface area (Å²) in [6.45, 7) is 2.03. The van der Waals surface area contributed by atoms with Gasteiger partial charge in [0.05, 0.1) is 29.7 Å². The van der Waals surface area contributed by atoms with Crippen LogP contribution in [0.4, 0.5) is 5.82 Å². The Hall–Kier alpha value is -3.06. The molecule has 0 aliphatic rings. The fourth-order valence-corrected chi connectivity index (χ4v) is 2.78. The van der Waals surface area contributed by atoms with Gasteiger partial charge in [0, 0.05) is 13.5 Å². The lowest BCUT2D eigenvalue weighted by molar-refractivity contribution is -0.115. The second-order valence-corrected chi connectivity index (χ2v) is 6.32. The molecule has 0 bridgehead atoms. The summed E-state index contributed by atoms with van der Waals surface area (Å²) in [5, 5.41) is 7.50. The Balaban J connectivity index is 1.98. The monoisotopic (exact) mass is 386 g/mol. The van der Waals surface area contributed by atoms with Crippen LogP contribution in [-0.4, -0.2) is 33.5 Å². The van der Waals surface area contributed by atoms with Gasteiger partial charge in [0.25, 0.3) is 5.91 Å². The first kappa shape index (κ1) is 18.7. The molecule has 1 aromatic carbocycles. The Labute approximate surface area is 161 Å². The minimum Gasteiger partial charge on any atom is -0.467 e. The number of amides is 2. The summed E-state index contributed by atoms with van der Waals surface area (Å²) in [7, 11) is 1.66. The van der Waals surface area contributed by atoms with E-state index in [4.69, 9.17) is 16.0 Å². The molecule has 3 rings (SSSR count). The highest BCUT2D eigenvalue weighted by atomic mass is 35.5. The second-order valence-electron chi connectivity index (χ2n) is 5.91. The smallest absolute Gasteiger partial charge is 0.259 e. The van der Waals surface area contributed by atoms with Gasteiger partial charge in [-0.3, -0.25) is 9.59 Å². The molecule has 0 saturated carbocycles. The standard InChI is InChI=1S/C19H19ClN4O3/c1-3-17(25)22-18-14(19(26)23(2)12-13-7-6-10-27-13)11-21-24(18)16-9-5-4-8-15(16)20/h4-11H,3,12H2,1-2H3,(H,22,25). The number of aromatic nitrogens is 2. The molecule has 0 fully saturated rings. The molecule has 27 heavy (non-hydrogen) atoms. The summed E-state index contributed by atoms with van der Waals surface area (Å²) >= 11 is 6.27. The number of anilines is 1. The molecule has 2 heterocycles. The summed E-state index contributed by atoms with van der Waals surface area (Å²) in [5.74, 6) is 0.414. The molecule has 0 atom stereocenters. The van der Waals surface area contributed by atoms with E-state index in [0.717, 1.165) is 0 Å². The number of halogens is 1. The Morgan fingerprint density at radius 1 is 1.26 bits per heavy atom. The fraction of sp³-hybridized carbons (Fsp3) is 0.211. The first-order chi connectivity index (χ1) is 13.0. The van der Waals surface area contributed by atoms with Gasteiger partial charge in [-0.25, -0.2) is 4.68 Å². The zero-order valence-electron chi connectivity index (χ0n) is 15.0. The van der Waals surface area contributed by atoms with Crippen LogP contribution in [0.1, 0.15) is 29.5 Å². The quantitative estimate of drug-likeness (QED) is 0.699. The highest BCUT2D eigenvalue weighted by Crippen LogP contribution is 2.26. The third kappa shape index (κ3) is 4.03. The number of hydrogen-bond acceptors (Lipinski definition) is 4. The summed E-state index contributed by atoms with van der Waals surface area (Å²) in [4.78, 5) is 26.5. The molecule has 2 amide bonds. The minimum absolute atomic E-state index is 0.230. The van der Waals surface area contributed by atoms with Gasteiger partial charge >= 0.3 is 0 Å². The molecule has 7 nitrogen and oxygen atoms in total. The largest absolute Gasteiger partial charge is 0.467 e. The topological polar surface area (TPSA) is 80.4 Å².